The molecule has 0 atom stereocenters. The van der Waals surface area contributed by atoms with E-state index in [1.54, 1.807) is 11.3 Å². The Labute approximate surface area is 209 Å². The first-order valence-corrected chi connectivity index (χ1v) is 14.3. The van der Waals surface area contributed by atoms with Gasteiger partial charge < -0.3 is 10.2 Å². The van der Waals surface area contributed by atoms with E-state index in [-0.39, 0.29) is 23.0 Å². The van der Waals surface area contributed by atoms with Crippen LogP contribution in [0.2, 0.25) is 5.02 Å². The van der Waals surface area contributed by atoms with Crippen LogP contribution in [0.3, 0.4) is 0 Å². The van der Waals surface area contributed by atoms with Crippen LogP contribution in [0.4, 0.5) is 5.13 Å². The molecular weight excluding hydrogens is 492 g/mol. The molecule has 182 valence electrons. The Morgan fingerprint density at radius 2 is 1.85 bits per heavy atom. The molecule has 1 aromatic heterocycles. The molecule has 0 saturated carbocycles. The number of benzene rings is 2. The number of nitrogens with zero attached hydrogens (tertiary/aromatic N) is 3. The van der Waals surface area contributed by atoms with Crippen LogP contribution < -0.4 is 10.2 Å². The molecule has 0 radical (unpaired) electrons. The van der Waals surface area contributed by atoms with Crippen LogP contribution >= 0.6 is 22.9 Å². The number of thiazole rings is 1. The summed E-state index contributed by atoms with van der Waals surface area (Å²) >= 11 is 7.55. The molecule has 1 aliphatic heterocycles. The largest absolute Gasteiger partial charge is 0.355 e. The van der Waals surface area contributed by atoms with Gasteiger partial charge in [0.1, 0.15) is 0 Å². The lowest BCUT2D eigenvalue weighted by Gasteiger charge is -2.34. The van der Waals surface area contributed by atoms with Crippen molar-refractivity contribution >= 4 is 54.0 Å². The summed E-state index contributed by atoms with van der Waals surface area (Å²) in [4.78, 5) is 21.8. The summed E-state index contributed by atoms with van der Waals surface area (Å²) in [5.41, 5.74) is 2.39. The van der Waals surface area contributed by atoms with Crippen molar-refractivity contribution in [1.29, 1.82) is 0 Å². The molecule has 7 nitrogen and oxygen atoms in total. The van der Waals surface area contributed by atoms with E-state index in [4.69, 9.17) is 16.6 Å². The number of amides is 1. The Hall–Kier alpha value is -2.20. The van der Waals surface area contributed by atoms with Crippen LogP contribution in [0.1, 0.15) is 18.9 Å². The highest BCUT2D eigenvalue weighted by Crippen LogP contribution is 2.30. The van der Waals surface area contributed by atoms with Crippen molar-refractivity contribution in [3.63, 3.8) is 0 Å². The minimum atomic E-state index is -3.50. The Morgan fingerprint density at radius 1 is 1.12 bits per heavy atom. The summed E-state index contributed by atoms with van der Waals surface area (Å²) in [7, 11) is -3.50. The van der Waals surface area contributed by atoms with Crippen molar-refractivity contribution in [1.82, 2.24) is 15.2 Å². The van der Waals surface area contributed by atoms with Crippen LogP contribution in [0.25, 0.3) is 10.2 Å². The number of nitrogens with one attached hydrogen (secondary N) is 1. The number of carbonyl (C=O) groups excluding carboxylic acids is 1. The first-order valence-electron chi connectivity index (χ1n) is 11.5. The molecule has 2 aromatic carbocycles. The van der Waals surface area contributed by atoms with Gasteiger partial charge in [-0.3, -0.25) is 9.69 Å². The maximum atomic E-state index is 12.4. The van der Waals surface area contributed by atoms with E-state index >= 15 is 0 Å². The molecule has 0 spiro atoms. The topological polar surface area (TPSA) is 82.6 Å². The highest BCUT2D eigenvalue weighted by molar-refractivity contribution is 7.91. The number of piperazine rings is 1. The average molecular weight is 521 g/mol. The molecule has 2 heterocycles. The SMILES string of the molecule is CCc1ccc2nc(N3CCN(CCNC(=O)CCS(=O)(=O)c4ccc(Cl)cc4)CC3)sc2c1. The second-order valence-corrected chi connectivity index (χ2v) is 11.9. The van der Waals surface area contributed by atoms with E-state index in [9.17, 15) is 13.2 Å². The van der Waals surface area contributed by atoms with Crippen molar-refractivity contribution in [3.05, 3.63) is 53.1 Å². The lowest BCUT2D eigenvalue weighted by molar-refractivity contribution is -0.120. The highest BCUT2D eigenvalue weighted by Gasteiger charge is 2.20. The summed E-state index contributed by atoms with van der Waals surface area (Å²) in [5.74, 6) is -0.474. The van der Waals surface area contributed by atoms with E-state index < -0.39 is 9.84 Å². The number of aromatic nitrogens is 1. The average Bonchev–Trinajstić information content (AvgIpc) is 3.27. The van der Waals surface area contributed by atoms with Crippen LogP contribution in [0.15, 0.2) is 47.4 Å². The van der Waals surface area contributed by atoms with E-state index in [1.807, 2.05) is 0 Å². The van der Waals surface area contributed by atoms with Gasteiger partial charge >= 0.3 is 0 Å². The van der Waals surface area contributed by atoms with Gasteiger partial charge in [-0.15, -0.1) is 0 Å². The number of carbonyl (C=O) groups is 1. The molecule has 1 saturated heterocycles. The Kier molecular flexibility index (Phi) is 8.08. The van der Waals surface area contributed by atoms with Gasteiger partial charge in [0, 0.05) is 50.7 Å². The van der Waals surface area contributed by atoms with Gasteiger partial charge in [0.05, 0.1) is 20.9 Å². The Morgan fingerprint density at radius 3 is 2.56 bits per heavy atom. The smallest absolute Gasteiger partial charge is 0.221 e. The van der Waals surface area contributed by atoms with E-state index in [0.29, 0.717) is 11.6 Å². The third-order valence-corrected chi connectivity index (χ3v) is 9.08. The van der Waals surface area contributed by atoms with Gasteiger partial charge in [-0.2, -0.15) is 0 Å². The fourth-order valence-corrected chi connectivity index (χ4v) is 6.35. The molecule has 0 unspecified atom stereocenters. The molecule has 1 aliphatic rings. The van der Waals surface area contributed by atoms with Crippen molar-refractivity contribution in [3.8, 4) is 0 Å². The van der Waals surface area contributed by atoms with Gasteiger partial charge in [-0.05, 0) is 48.4 Å². The number of hydrogen-bond donors (Lipinski definition) is 1. The Bertz CT molecular complexity index is 1240. The van der Waals surface area contributed by atoms with Crippen molar-refractivity contribution < 1.29 is 13.2 Å². The van der Waals surface area contributed by atoms with Crippen LogP contribution in [0, 0.1) is 0 Å². The molecule has 0 aliphatic carbocycles. The van der Waals surface area contributed by atoms with Crippen LogP contribution in [-0.4, -0.2) is 69.2 Å². The van der Waals surface area contributed by atoms with Crippen LogP contribution in [-0.2, 0) is 21.1 Å². The van der Waals surface area contributed by atoms with E-state index in [1.165, 1.54) is 34.5 Å². The maximum absolute atomic E-state index is 12.4. The quantitative estimate of drug-likeness (QED) is 0.464. The number of rotatable bonds is 9. The monoisotopic (exact) mass is 520 g/mol. The minimum Gasteiger partial charge on any atom is -0.355 e. The van der Waals surface area contributed by atoms with Crippen molar-refractivity contribution in [2.75, 3.05) is 49.9 Å². The summed E-state index contributed by atoms with van der Waals surface area (Å²) in [6.07, 6.45) is 0.965. The predicted octanol–water partition coefficient (Wildman–Crippen LogP) is 3.61. The first kappa shape index (κ1) is 24.9. The minimum absolute atomic E-state index is 0.0594. The highest BCUT2D eigenvalue weighted by atomic mass is 35.5. The molecular formula is C24H29ClN4O3S2. The van der Waals surface area contributed by atoms with Gasteiger partial charge in [0.25, 0.3) is 0 Å². The number of halogens is 1. The van der Waals surface area contributed by atoms with E-state index in [0.717, 1.165) is 49.8 Å². The number of sulfone groups is 1. The Balaban J connectivity index is 1.18. The molecule has 1 fully saturated rings. The van der Waals surface area contributed by atoms with Gasteiger partial charge in [0.15, 0.2) is 15.0 Å². The van der Waals surface area contributed by atoms with Crippen molar-refractivity contribution in [2.45, 2.75) is 24.7 Å². The number of anilines is 1. The first-order chi connectivity index (χ1) is 16.3. The molecule has 34 heavy (non-hydrogen) atoms. The zero-order valence-corrected chi connectivity index (χ0v) is 21.6. The van der Waals surface area contributed by atoms with E-state index in [2.05, 4.69) is 40.2 Å². The van der Waals surface area contributed by atoms with Gasteiger partial charge in [-0.25, -0.2) is 13.4 Å². The number of fused-ring (bicyclic) bond motifs is 1. The van der Waals surface area contributed by atoms with Crippen molar-refractivity contribution in [2.24, 2.45) is 0 Å². The maximum Gasteiger partial charge on any atom is 0.221 e. The second kappa shape index (κ2) is 11.0. The standard InChI is InChI=1S/C24H29ClN4O3S2/c1-2-18-3-8-21-22(17-18)33-24(27-21)29-14-12-28(13-15-29)11-10-26-23(30)9-16-34(31,32)20-6-4-19(25)5-7-20/h3-8,17H,2,9-16H2,1H3,(H,26,30). The fraction of sp³-hybridized carbons (Fsp3) is 0.417. The summed E-state index contributed by atoms with van der Waals surface area (Å²) in [6.45, 7) is 6.99. The zero-order chi connectivity index (χ0) is 24.1. The third kappa shape index (κ3) is 6.27. The normalized spacial score (nSPS) is 15.1. The van der Waals surface area contributed by atoms with Gasteiger partial charge in [-0.1, -0.05) is 35.9 Å². The lowest BCUT2D eigenvalue weighted by Crippen LogP contribution is -2.48. The molecule has 3 aromatic rings. The fourth-order valence-electron chi connectivity index (χ4n) is 3.90. The second-order valence-electron chi connectivity index (χ2n) is 8.35. The third-order valence-electron chi connectivity index (χ3n) is 6.01. The molecule has 0 bridgehead atoms. The number of hydrogen-bond acceptors (Lipinski definition) is 7. The molecule has 4 rings (SSSR count). The summed E-state index contributed by atoms with van der Waals surface area (Å²) < 4.78 is 26.0. The van der Waals surface area contributed by atoms with Gasteiger partial charge in [0.2, 0.25) is 5.91 Å². The molecule has 1 amide bonds. The lowest BCUT2D eigenvalue weighted by atomic mass is 10.2. The predicted molar refractivity (Wildman–Crippen MR) is 139 cm³/mol. The molecule has 10 heteroatoms. The molecule has 1 N–H and O–H groups in total. The summed E-state index contributed by atoms with van der Waals surface area (Å²) in [6, 6.07) is 12.5. The van der Waals surface area contributed by atoms with Crippen LogP contribution in [0.5, 0.6) is 0 Å². The zero-order valence-electron chi connectivity index (χ0n) is 19.2. The summed E-state index contributed by atoms with van der Waals surface area (Å²) in [5, 5.41) is 4.39. The number of aryl methyl sites for hydroxylation is 1.